The highest BCUT2D eigenvalue weighted by Crippen LogP contribution is 2.30. The molecule has 1 aromatic rings. The molecule has 0 amide bonds. The number of hydrogen-bond donors (Lipinski definition) is 1. The van der Waals surface area contributed by atoms with E-state index in [0.717, 1.165) is 30.4 Å². The Balaban J connectivity index is 2.46. The average Bonchev–Trinajstić information content (AvgIpc) is 2.53. The van der Waals surface area contributed by atoms with Crippen molar-refractivity contribution < 1.29 is 13.2 Å². The highest BCUT2D eigenvalue weighted by atomic mass is 32.2. The summed E-state index contributed by atoms with van der Waals surface area (Å²) in [6, 6.07) is -0.511. The maximum atomic E-state index is 12.6. The molecular formula is C17H26N4O3S. The minimum atomic E-state index is -3.47. The summed E-state index contributed by atoms with van der Waals surface area (Å²) < 4.78 is 26.0. The van der Waals surface area contributed by atoms with Gasteiger partial charge in [-0.15, -0.1) is 0 Å². The number of Topliss-reactive ketones (excluding diaryl/α,β-unsaturated/α-hetero) is 1. The molecule has 0 saturated carbocycles. The number of aromatic nitrogens is 2. The Morgan fingerprint density at radius 3 is 2.68 bits per heavy atom. The monoisotopic (exact) mass is 366 g/mol. The second-order valence-corrected chi connectivity index (χ2v) is 8.41. The first-order valence-corrected chi connectivity index (χ1v) is 10.2. The Morgan fingerprint density at radius 1 is 1.36 bits per heavy atom. The highest BCUT2D eigenvalue weighted by Gasteiger charge is 2.31. The zero-order chi connectivity index (χ0) is 18.6. The lowest BCUT2D eigenvalue weighted by Gasteiger charge is -2.31. The number of allylic oxidation sites excluding steroid dienone is 1. The van der Waals surface area contributed by atoms with Crippen LogP contribution in [0.4, 0.5) is 5.95 Å². The Kier molecular flexibility index (Phi) is 6.16. The van der Waals surface area contributed by atoms with Crippen LogP contribution in [0.1, 0.15) is 57.3 Å². The van der Waals surface area contributed by atoms with Gasteiger partial charge in [0.15, 0.2) is 5.78 Å². The summed E-state index contributed by atoms with van der Waals surface area (Å²) in [5.41, 5.74) is 2.48. The molecule has 8 heteroatoms. The number of aryl methyl sites for hydroxylation is 1. The molecule has 0 aromatic carbocycles. The summed E-state index contributed by atoms with van der Waals surface area (Å²) in [5, 5.41) is 0. The molecule has 2 heterocycles. The number of carbonyl (C=O) groups excluding carboxylic acids is 1. The maximum Gasteiger partial charge on any atom is 0.236 e. The van der Waals surface area contributed by atoms with E-state index in [1.54, 1.807) is 13.1 Å². The number of anilines is 1. The third-order valence-electron chi connectivity index (χ3n) is 4.17. The molecule has 2 rings (SSSR count). The number of likely N-dealkylation sites (N-methyl/N-ethyl adjacent to an activating group) is 1. The lowest BCUT2D eigenvalue weighted by atomic mass is 9.94. The number of hydrogen-bond acceptors (Lipinski definition) is 6. The first-order valence-electron chi connectivity index (χ1n) is 8.55. The van der Waals surface area contributed by atoms with Gasteiger partial charge in [0.25, 0.3) is 0 Å². The van der Waals surface area contributed by atoms with Gasteiger partial charge in [-0.05, 0) is 44.0 Å². The zero-order valence-corrected chi connectivity index (χ0v) is 16.1. The van der Waals surface area contributed by atoms with E-state index in [1.807, 2.05) is 25.1 Å². The minimum absolute atomic E-state index is 0.0181. The van der Waals surface area contributed by atoms with E-state index in [2.05, 4.69) is 21.6 Å². The lowest BCUT2D eigenvalue weighted by Crippen LogP contribution is -2.33. The normalized spacial score (nSPS) is 18.2. The summed E-state index contributed by atoms with van der Waals surface area (Å²) in [7, 11) is -1.63. The maximum absolute atomic E-state index is 12.6. The summed E-state index contributed by atoms with van der Waals surface area (Å²) in [6.07, 6.45) is 6.67. The van der Waals surface area contributed by atoms with E-state index in [1.165, 1.54) is 0 Å². The van der Waals surface area contributed by atoms with E-state index in [9.17, 15) is 13.2 Å². The quantitative estimate of drug-likeness (QED) is 0.797. The molecule has 0 bridgehead atoms. The smallest absolute Gasteiger partial charge is 0.236 e. The second-order valence-electron chi connectivity index (χ2n) is 6.40. The number of carbonyl (C=O) groups is 1. The Bertz CT molecular complexity index is 774. The van der Waals surface area contributed by atoms with Crippen molar-refractivity contribution in [3.63, 3.8) is 0 Å². The van der Waals surface area contributed by atoms with Gasteiger partial charge in [0.05, 0.1) is 11.4 Å². The van der Waals surface area contributed by atoms with Crippen LogP contribution in [0.15, 0.2) is 18.0 Å². The Labute approximate surface area is 149 Å². The van der Waals surface area contributed by atoms with Crippen LogP contribution in [0.25, 0.3) is 0 Å². The molecule has 138 valence electrons. The van der Waals surface area contributed by atoms with E-state index >= 15 is 0 Å². The van der Waals surface area contributed by atoms with Crippen LogP contribution in [0.3, 0.4) is 0 Å². The van der Waals surface area contributed by atoms with Gasteiger partial charge in [-0.3, -0.25) is 9.52 Å². The molecule has 7 nitrogen and oxygen atoms in total. The van der Waals surface area contributed by atoms with Crippen LogP contribution >= 0.6 is 0 Å². The van der Waals surface area contributed by atoms with Crippen LogP contribution in [0.2, 0.25) is 0 Å². The number of sulfonamides is 1. The fourth-order valence-corrected chi connectivity index (χ4v) is 3.41. The van der Waals surface area contributed by atoms with Crippen molar-refractivity contribution in [2.45, 2.75) is 52.5 Å². The van der Waals surface area contributed by atoms with Crippen molar-refractivity contribution in [3.8, 4) is 0 Å². The molecule has 0 radical (unpaired) electrons. The van der Waals surface area contributed by atoms with Crippen molar-refractivity contribution in [1.82, 2.24) is 14.9 Å². The van der Waals surface area contributed by atoms with E-state index in [0.29, 0.717) is 12.1 Å². The van der Waals surface area contributed by atoms with Crippen LogP contribution in [0.5, 0.6) is 0 Å². The van der Waals surface area contributed by atoms with Gasteiger partial charge in [0, 0.05) is 19.7 Å². The number of unbranched alkanes of at least 4 members (excludes halogenated alkanes) is 1. The van der Waals surface area contributed by atoms with Crippen LogP contribution in [-0.4, -0.2) is 41.9 Å². The van der Waals surface area contributed by atoms with Crippen molar-refractivity contribution >= 4 is 21.8 Å². The van der Waals surface area contributed by atoms with Crippen molar-refractivity contribution in [2.75, 3.05) is 17.5 Å². The molecule has 25 heavy (non-hydrogen) atoms. The van der Waals surface area contributed by atoms with Crippen molar-refractivity contribution in [3.05, 3.63) is 29.2 Å². The number of ketones is 1. The van der Waals surface area contributed by atoms with Gasteiger partial charge < -0.3 is 4.90 Å². The first kappa shape index (κ1) is 19.4. The topological polar surface area (TPSA) is 92.3 Å². The molecule has 0 spiro atoms. The van der Waals surface area contributed by atoms with E-state index in [4.69, 9.17) is 0 Å². The van der Waals surface area contributed by atoms with Crippen LogP contribution in [0, 0.1) is 0 Å². The summed E-state index contributed by atoms with van der Waals surface area (Å²) in [6.45, 7) is 5.56. The molecule has 0 aliphatic carbocycles. The standard InChI is InChI=1S/C17H26N4O3S/c1-5-7-8-13-10-18-17(20-25(23,24)6-2)19-15(13)16-14(22)9-12(3)11-21(16)4/h10-11,16H,5-9H2,1-4H3,(H,18,19,20). The van der Waals surface area contributed by atoms with Crippen molar-refractivity contribution in [2.24, 2.45) is 0 Å². The molecule has 1 aromatic heterocycles. The summed E-state index contributed by atoms with van der Waals surface area (Å²) >= 11 is 0. The zero-order valence-electron chi connectivity index (χ0n) is 15.2. The van der Waals surface area contributed by atoms with Gasteiger partial charge in [-0.2, -0.15) is 0 Å². The van der Waals surface area contributed by atoms with E-state index < -0.39 is 16.1 Å². The van der Waals surface area contributed by atoms with E-state index in [-0.39, 0.29) is 17.5 Å². The fourth-order valence-electron chi connectivity index (χ4n) is 2.89. The predicted octanol–water partition coefficient (Wildman–Crippen LogP) is 2.43. The first-order chi connectivity index (χ1) is 11.8. The third kappa shape index (κ3) is 4.78. The molecule has 0 fully saturated rings. The largest absolute Gasteiger partial charge is 0.365 e. The van der Waals surface area contributed by atoms with Crippen molar-refractivity contribution in [1.29, 1.82) is 0 Å². The predicted molar refractivity (Wildman–Crippen MR) is 97.6 cm³/mol. The Hall–Kier alpha value is -1.96. The molecule has 1 aliphatic rings. The van der Waals surface area contributed by atoms with Gasteiger partial charge >= 0.3 is 0 Å². The van der Waals surface area contributed by atoms with Gasteiger partial charge in [0.1, 0.15) is 6.04 Å². The Morgan fingerprint density at radius 2 is 2.08 bits per heavy atom. The molecule has 1 atom stereocenters. The number of rotatable bonds is 7. The summed E-state index contributed by atoms with van der Waals surface area (Å²) in [4.78, 5) is 23.0. The van der Waals surface area contributed by atoms with Gasteiger partial charge in [-0.1, -0.05) is 13.3 Å². The SMILES string of the molecule is CCCCc1cnc(NS(=O)(=O)CC)nc1C1C(=O)CC(C)=CN1C. The van der Waals surface area contributed by atoms with Gasteiger partial charge in [0.2, 0.25) is 16.0 Å². The van der Waals surface area contributed by atoms with Crippen LogP contribution < -0.4 is 4.72 Å². The third-order valence-corrected chi connectivity index (χ3v) is 5.43. The van der Waals surface area contributed by atoms with Gasteiger partial charge in [-0.25, -0.2) is 18.4 Å². The molecular weight excluding hydrogens is 340 g/mol. The minimum Gasteiger partial charge on any atom is -0.365 e. The molecule has 1 N–H and O–H groups in total. The lowest BCUT2D eigenvalue weighted by molar-refractivity contribution is -0.123. The molecule has 0 saturated heterocycles. The molecule has 1 aliphatic heterocycles. The molecule has 1 unspecified atom stereocenters. The fraction of sp³-hybridized carbons (Fsp3) is 0.588. The average molecular weight is 366 g/mol. The number of nitrogens with one attached hydrogen (secondary N) is 1. The number of nitrogens with zero attached hydrogens (tertiary/aromatic N) is 3. The second kappa shape index (κ2) is 7.95. The summed E-state index contributed by atoms with van der Waals surface area (Å²) in [5.74, 6) is 0.0147. The van der Waals surface area contributed by atoms with Crippen LogP contribution in [-0.2, 0) is 21.2 Å². The highest BCUT2D eigenvalue weighted by molar-refractivity contribution is 7.92.